The number of aromatic nitrogens is 1. The van der Waals surface area contributed by atoms with Gasteiger partial charge in [-0.2, -0.15) is 0 Å². The number of fused-ring (bicyclic) bond motifs is 1. The first kappa shape index (κ1) is 23.1. The molecule has 0 bridgehead atoms. The third-order valence-electron chi connectivity index (χ3n) is 6.26. The lowest BCUT2D eigenvalue weighted by Gasteiger charge is -2.22. The minimum absolute atomic E-state index is 0.294. The number of rotatable bonds is 9. The van der Waals surface area contributed by atoms with E-state index in [1.54, 1.807) is 30.5 Å². The van der Waals surface area contributed by atoms with Gasteiger partial charge in [-0.25, -0.2) is 12.4 Å². The fourth-order valence-corrected chi connectivity index (χ4v) is 5.91. The predicted octanol–water partition coefficient (Wildman–Crippen LogP) is 6.12. The van der Waals surface area contributed by atoms with Gasteiger partial charge >= 0.3 is 0 Å². The highest BCUT2D eigenvalue weighted by Gasteiger charge is 2.21. The zero-order chi connectivity index (χ0) is 24.1. The van der Waals surface area contributed by atoms with Crippen molar-refractivity contribution < 1.29 is 8.42 Å². The highest BCUT2D eigenvalue weighted by atomic mass is 32.2. The van der Waals surface area contributed by atoms with Gasteiger partial charge in [-0.05, 0) is 41.3 Å². The fraction of sp³-hybridized carbons (Fsp3) is 0.133. The van der Waals surface area contributed by atoms with Gasteiger partial charge in [0.2, 0.25) is 0 Å². The van der Waals surface area contributed by atoms with E-state index in [0.717, 1.165) is 37.0 Å². The smallest absolute Gasteiger partial charge is 0.268 e. The van der Waals surface area contributed by atoms with Crippen LogP contribution in [0.4, 0.5) is 0 Å². The van der Waals surface area contributed by atoms with Crippen molar-refractivity contribution in [2.45, 2.75) is 24.4 Å². The molecule has 0 aliphatic carbocycles. The Kier molecular flexibility index (Phi) is 6.80. The van der Waals surface area contributed by atoms with Crippen molar-refractivity contribution in [2.24, 2.45) is 0 Å². The largest absolute Gasteiger partial charge is 0.295 e. The van der Waals surface area contributed by atoms with Crippen LogP contribution in [0.15, 0.2) is 126 Å². The van der Waals surface area contributed by atoms with Gasteiger partial charge in [0.1, 0.15) is 0 Å². The Balaban J connectivity index is 1.45. The summed E-state index contributed by atoms with van der Waals surface area (Å²) in [6.07, 6.45) is 2.55. The molecule has 35 heavy (non-hydrogen) atoms. The van der Waals surface area contributed by atoms with E-state index in [2.05, 4.69) is 53.4 Å². The molecule has 0 fully saturated rings. The zero-order valence-electron chi connectivity index (χ0n) is 19.5. The number of hydrogen-bond donors (Lipinski definition) is 0. The van der Waals surface area contributed by atoms with Crippen molar-refractivity contribution in [3.05, 3.63) is 138 Å². The molecular weight excluding hydrogens is 452 g/mol. The second-order valence-corrected chi connectivity index (χ2v) is 10.5. The SMILES string of the molecule is O=S(=O)(c1ccccc1)n1cc(CCN(Cc2ccccc2)Cc2ccccc2)c2ccccc21. The molecule has 0 spiro atoms. The van der Waals surface area contributed by atoms with E-state index < -0.39 is 10.0 Å². The van der Waals surface area contributed by atoms with Crippen LogP contribution < -0.4 is 0 Å². The average Bonchev–Trinajstić information content (AvgIpc) is 3.29. The average molecular weight is 481 g/mol. The van der Waals surface area contributed by atoms with Crippen LogP contribution in [-0.2, 0) is 29.5 Å². The van der Waals surface area contributed by atoms with Crippen LogP contribution in [0.5, 0.6) is 0 Å². The van der Waals surface area contributed by atoms with Gasteiger partial charge in [0, 0.05) is 31.2 Å². The van der Waals surface area contributed by atoms with Crippen molar-refractivity contribution in [1.29, 1.82) is 0 Å². The molecule has 5 heteroatoms. The molecule has 0 aliphatic rings. The Hall–Kier alpha value is -3.67. The number of nitrogens with zero attached hydrogens (tertiary/aromatic N) is 2. The second kappa shape index (κ2) is 10.3. The standard InChI is InChI=1S/C30H28N2O2S/c33-35(34,28-16-8-3-9-17-28)32-24-27(29-18-10-11-19-30(29)32)20-21-31(22-25-12-4-1-5-13-25)23-26-14-6-2-7-15-26/h1-19,24H,20-23H2. The quantitative estimate of drug-likeness (QED) is 0.255. The van der Waals surface area contributed by atoms with Gasteiger partial charge in [0.15, 0.2) is 0 Å². The summed E-state index contributed by atoms with van der Waals surface area (Å²) < 4.78 is 28.3. The predicted molar refractivity (Wildman–Crippen MR) is 142 cm³/mol. The maximum Gasteiger partial charge on any atom is 0.268 e. The molecule has 5 rings (SSSR count). The summed E-state index contributed by atoms with van der Waals surface area (Å²) in [7, 11) is -3.68. The van der Waals surface area contributed by atoms with Crippen LogP contribution in [0, 0.1) is 0 Å². The van der Waals surface area contributed by atoms with Crippen LogP contribution in [0.1, 0.15) is 16.7 Å². The van der Waals surface area contributed by atoms with Gasteiger partial charge in [-0.15, -0.1) is 0 Å². The van der Waals surface area contributed by atoms with E-state index in [4.69, 9.17) is 0 Å². The number of para-hydroxylation sites is 1. The van der Waals surface area contributed by atoms with Crippen LogP contribution in [0.25, 0.3) is 10.9 Å². The first-order valence-electron chi connectivity index (χ1n) is 11.8. The maximum atomic E-state index is 13.4. The first-order chi connectivity index (χ1) is 17.1. The summed E-state index contributed by atoms with van der Waals surface area (Å²) >= 11 is 0. The second-order valence-electron chi connectivity index (χ2n) is 8.72. The molecule has 0 saturated heterocycles. The topological polar surface area (TPSA) is 42.3 Å². The Morgan fingerprint density at radius 3 is 1.74 bits per heavy atom. The third kappa shape index (κ3) is 5.21. The Labute approximate surface area is 207 Å². The molecule has 0 radical (unpaired) electrons. The molecule has 4 aromatic carbocycles. The molecule has 0 amide bonds. The summed E-state index contributed by atoms with van der Waals surface area (Å²) in [4.78, 5) is 2.71. The molecule has 0 aliphatic heterocycles. The van der Waals surface area contributed by atoms with E-state index >= 15 is 0 Å². The third-order valence-corrected chi connectivity index (χ3v) is 7.94. The van der Waals surface area contributed by atoms with Crippen molar-refractivity contribution in [3.63, 3.8) is 0 Å². The summed E-state index contributed by atoms with van der Waals surface area (Å²) in [5, 5.41) is 0.978. The van der Waals surface area contributed by atoms with Gasteiger partial charge in [0.05, 0.1) is 10.4 Å². The van der Waals surface area contributed by atoms with Crippen molar-refractivity contribution in [1.82, 2.24) is 8.87 Å². The van der Waals surface area contributed by atoms with Crippen LogP contribution >= 0.6 is 0 Å². The van der Waals surface area contributed by atoms with Crippen molar-refractivity contribution >= 4 is 20.9 Å². The number of hydrogen-bond acceptors (Lipinski definition) is 3. The van der Waals surface area contributed by atoms with Crippen LogP contribution in [-0.4, -0.2) is 23.8 Å². The fourth-order valence-electron chi connectivity index (χ4n) is 4.50. The lowest BCUT2D eigenvalue weighted by atomic mass is 10.1. The highest BCUT2D eigenvalue weighted by Crippen LogP contribution is 2.27. The number of benzene rings is 4. The van der Waals surface area contributed by atoms with Crippen LogP contribution in [0.3, 0.4) is 0 Å². The molecular formula is C30H28N2O2S. The summed E-state index contributed by atoms with van der Waals surface area (Å²) in [5.41, 5.74) is 4.27. The zero-order valence-corrected chi connectivity index (χ0v) is 20.3. The summed E-state index contributed by atoms with van der Waals surface area (Å²) in [6.45, 7) is 2.47. The van der Waals surface area contributed by atoms with E-state index in [1.807, 2.05) is 42.5 Å². The molecule has 1 heterocycles. The van der Waals surface area contributed by atoms with E-state index in [1.165, 1.54) is 15.1 Å². The van der Waals surface area contributed by atoms with Gasteiger partial charge in [0.25, 0.3) is 10.0 Å². The van der Waals surface area contributed by atoms with Gasteiger partial charge < -0.3 is 0 Å². The lowest BCUT2D eigenvalue weighted by Crippen LogP contribution is -2.25. The molecule has 4 nitrogen and oxygen atoms in total. The van der Waals surface area contributed by atoms with E-state index in [9.17, 15) is 8.42 Å². The Morgan fingerprint density at radius 2 is 1.14 bits per heavy atom. The lowest BCUT2D eigenvalue weighted by molar-refractivity contribution is 0.260. The minimum atomic E-state index is -3.68. The monoisotopic (exact) mass is 480 g/mol. The Morgan fingerprint density at radius 1 is 0.629 bits per heavy atom. The van der Waals surface area contributed by atoms with Crippen LogP contribution in [0.2, 0.25) is 0 Å². The highest BCUT2D eigenvalue weighted by molar-refractivity contribution is 7.90. The van der Waals surface area contributed by atoms with E-state index in [-0.39, 0.29) is 0 Å². The molecule has 0 N–H and O–H groups in total. The van der Waals surface area contributed by atoms with Gasteiger partial charge in [-0.3, -0.25) is 4.90 Å². The molecule has 0 unspecified atom stereocenters. The molecule has 0 atom stereocenters. The molecule has 0 saturated carbocycles. The minimum Gasteiger partial charge on any atom is -0.295 e. The maximum absolute atomic E-state index is 13.4. The Bertz CT molecular complexity index is 1450. The molecule has 1 aromatic heterocycles. The van der Waals surface area contributed by atoms with Crippen molar-refractivity contribution in [3.8, 4) is 0 Å². The first-order valence-corrected chi connectivity index (χ1v) is 13.2. The van der Waals surface area contributed by atoms with Gasteiger partial charge in [-0.1, -0.05) is 97.1 Å². The van der Waals surface area contributed by atoms with Crippen molar-refractivity contribution in [2.75, 3.05) is 6.54 Å². The van der Waals surface area contributed by atoms with E-state index in [0.29, 0.717) is 10.4 Å². The normalized spacial score (nSPS) is 11.8. The molecule has 176 valence electrons. The summed E-state index contributed by atoms with van der Waals surface area (Å²) in [5.74, 6) is 0. The molecule has 5 aromatic rings. The summed E-state index contributed by atoms with van der Waals surface area (Å²) in [6, 6.07) is 37.3.